The van der Waals surface area contributed by atoms with Gasteiger partial charge in [-0.15, -0.1) is 0 Å². The fourth-order valence-electron chi connectivity index (χ4n) is 4.19. The standard InChI is InChI=1S/C20H16O5/c21-17-14-9-11-3-1-2-4-12(11)18(22)16(14)19(23)13-5-6-20(10-15(13)17)24-7-8-25-20/h1-4,9,22H,5-8,10H2. The Bertz CT molecular complexity index is 979. The molecule has 0 aromatic heterocycles. The first-order valence-corrected chi connectivity index (χ1v) is 8.44. The third-order valence-electron chi connectivity index (χ3n) is 5.42. The van der Waals surface area contributed by atoms with Gasteiger partial charge in [-0.2, -0.15) is 0 Å². The predicted molar refractivity (Wildman–Crippen MR) is 89.8 cm³/mol. The highest BCUT2D eigenvalue weighted by Crippen LogP contribution is 2.46. The predicted octanol–water partition coefficient (Wildman–Crippen LogP) is 3.15. The van der Waals surface area contributed by atoms with Crippen LogP contribution in [0.3, 0.4) is 0 Å². The quantitative estimate of drug-likeness (QED) is 0.800. The first kappa shape index (κ1) is 14.8. The summed E-state index contributed by atoms with van der Waals surface area (Å²) in [6.45, 7) is 1.01. The number of carbonyl (C=O) groups is 2. The average molecular weight is 336 g/mol. The van der Waals surface area contributed by atoms with Gasteiger partial charge < -0.3 is 14.6 Å². The lowest BCUT2D eigenvalue weighted by molar-refractivity contribution is -0.162. The lowest BCUT2D eigenvalue weighted by atomic mass is 9.74. The Morgan fingerprint density at radius 3 is 2.56 bits per heavy atom. The number of phenols is 1. The molecule has 1 saturated heterocycles. The van der Waals surface area contributed by atoms with E-state index in [4.69, 9.17) is 9.47 Å². The van der Waals surface area contributed by atoms with E-state index in [2.05, 4.69) is 0 Å². The molecule has 0 bridgehead atoms. The molecule has 5 nitrogen and oxygen atoms in total. The smallest absolute Gasteiger partial charge is 0.193 e. The second-order valence-corrected chi connectivity index (χ2v) is 6.77. The molecule has 5 rings (SSSR count). The SMILES string of the molecule is O=C1C2=C(CCC3(C2)OCCO3)C(=O)c2c1cc1ccccc1c2O. The van der Waals surface area contributed by atoms with Crippen molar-refractivity contribution in [1.29, 1.82) is 0 Å². The molecule has 2 aliphatic carbocycles. The second-order valence-electron chi connectivity index (χ2n) is 6.77. The average Bonchev–Trinajstić information content (AvgIpc) is 3.07. The van der Waals surface area contributed by atoms with Gasteiger partial charge in [-0.3, -0.25) is 9.59 Å². The highest BCUT2D eigenvalue weighted by Gasteiger charge is 2.46. The topological polar surface area (TPSA) is 72.8 Å². The number of hydrogen-bond acceptors (Lipinski definition) is 5. The molecule has 1 fully saturated rings. The molecule has 1 spiro atoms. The van der Waals surface area contributed by atoms with Crippen molar-refractivity contribution in [2.24, 2.45) is 0 Å². The molecule has 1 aliphatic heterocycles. The second kappa shape index (κ2) is 5.00. The maximum absolute atomic E-state index is 13.1. The van der Waals surface area contributed by atoms with Crippen LogP contribution in [0.2, 0.25) is 0 Å². The normalized spacial score (nSPS) is 21.8. The van der Waals surface area contributed by atoms with Gasteiger partial charge in [0.2, 0.25) is 0 Å². The number of allylic oxidation sites excluding steroid dienone is 1. The van der Waals surface area contributed by atoms with Gasteiger partial charge in [-0.1, -0.05) is 24.3 Å². The summed E-state index contributed by atoms with van der Waals surface area (Å²) in [5.41, 5.74) is 1.37. The van der Waals surface area contributed by atoms with Crippen molar-refractivity contribution in [3.63, 3.8) is 0 Å². The fraction of sp³-hybridized carbons (Fsp3) is 0.300. The van der Waals surface area contributed by atoms with Gasteiger partial charge in [-0.25, -0.2) is 0 Å². The molecule has 126 valence electrons. The number of ether oxygens (including phenoxy) is 2. The molecule has 2 aromatic carbocycles. The maximum Gasteiger partial charge on any atom is 0.193 e. The number of phenolic OH excluding ortho intramolecular Hbond substituents is 1. The molecule has 5 heteroatoms. The van der Waals surface area contributed by atoms with Crippen LogP contribution in [-0.4, -0.2) is 35.7 Å². The zero-order valence-electron chi connectivity index (χ0n) is 13.5. The molecule has 0 atom stereocenters. The minimum absolute atomic E-state index is 0.105. The molecular formula is C20H16O5. The Morgan fingerprint density at radius 1 is 1.00 bits per heavy atom. The van der Waals surface area contributed by atoms with Crippen molar-refractivity contribution in [3.8, 4) is 5.75 Å². The summed E-state index contributed by atoms with van der Waals surface area (Å²) in [4.78, 5) is 26.1. The summed E-state index contributed by atoms with van der Waals surface area (Å²) >= 11 is 0. The number of carbonyl (C=O) groups excluding carboxylic acids is 2. The van der Waals surface area contributed by atoms with Gasteiger partial charge in [0.1, 0.15) is 5.75 Å². The monoisotopic (exact) mass is 336 g/mol. The van der Waals surface area contributed by atoms with Crippen molar-refractivity contribution in [2.75, 3.05) is 13.2 Å². The molecule has 0 amide bonds. The van der Waals surface area contributed by atoms with Crippen molar-refractivity contribution in [2.45, 2.75) is 25.0 Å². The molecule has 1 heterocycles. The van der Waals surface area contributed by atoms with E-state index in [1.54, 1.807) is 18.2 Å². The Morgan fingerprint density at radius 2 is 1.76 bits per heavy atom. The summed E-state index contributed by atoms with van der Waals surface area (Å²) in [6, 6.07) is 8.91. The van der Waals surface area contributed by atoms with Crippen molar-refractivity contribution in [3.05, 3.63) is 52.6 Å². The summed E-state index contributed by atoms with van der Waals surface area (Å²) in [5, 5.41) is 12.0. The Kier molecular flexibility index (Phi) is 2.96. The third-order valence-corrected chi connectivity index (χ3v) is 5.42. The summed E-state index contributed by atoms with van der Waals surface area (Å²) in [5.74, 6) is -1.33. The highest BCUT2D eigenvalue weighted by atomic mass is 16.7. The van der Waals surface area contributed by atoms with Crippen molar-refractivity contribution in [1.82, 2.24) is 0 Å². The summed E-state index contributed by atoms with van der Waals surface area (Å²) in [7, 11) is 0. The van der Waals surface area contributed by atoms with Crippen LogP contribution in [-0.2, 0) is 9.47 Å². The number of Topliss-reactive ketones (excluding diaryl/α,β-unsaturated/α-hetero) is 2. The lowest BCUT2D eigenvalue weighted by Gasteiger charge is -2.35. The van der Waals surface area contributed by atoms with Crippen LogP contribution in [0.15, 0.2) is 41.5 Å². The van der Waals surface area contributed by atoms with Gasteiger partial charge in [0.05, 0.1) is 18.8 Å². The van der Waals surface area contributed by atoms with Crippen molar-refractivity contribution < 1.29 is 24.2 Å². The number of benzene rings is 2. The maximum atomic E-state index is 13.1. The van der Waals surface area contributed by atoms with Gasteiger partial charge >= 0.3 is 0 Å². The summed E-state index contributed by atoms with van der Waals surface area (Å²) in [6.07, 6.45) is 1.26. The van der Waals surface area contributed by atoms with E-state index in [0.717, 1.165) is 5.39 Å². The highest BCUT2D eigenvalue weighted by molar-refractivity contribution is 6.29. The van der Waals surface area contributed by atoms with E-state index in [0.29, 0.717) is 49.0 Å². The van der Waals surface area contributed by atoms with Crippen LogP contribution in [0, 0.1) is 0 Å². The third kappa shape index (κ3) is 1.97. The molecule has 0 saturated carbocycles. The van der Waals surface area contributed by atoms with Crippen molar-refractivity contribution >= 4 is 22.3 Å². The van der Waals surface area contributed by atoms with E-state index in [1.165, 1.54) is 0 Å². The number of hydrogen-bond donors (Lipinski definition) is 1. The van der Waals surface area contributed by atoms with E-state index in [-0.39, 0.29) is 28.4 Å². The molecule has 0 unspecified atom stereocenters. The minimum atomic E-state index is -0.773. The van der Waals surface area contributed by atoms with Crippen LogP contribution in [0.5, 0.6) is 5.75 Å². The van der Waals surface area contributed by atoms with Crippen LogP contribution < -0.4 is 0 Å². The number of aromatic hydroxyl groups is 1. The van der Waals surface area contributed by atoms with Crippen LogP contribution in [0.25, 0.3) is 10.8 Å². The van der Waals surface area contributed by atoms with Crippen LogP contribution in [0.1, 0.15) is 40.0 Å². The number of fused-ring (bicyclic) bond motifs is 2. The van der Waals surface area contributed by atoms with E-state index in [9.17, 15) is 14.7 Å². The molecular weight excluding hydrogens is 320 g/mol. The Hall–Kier alpha value is -2.50. The lowest BCUT2D eigenvalue weighted by Crippen LogP contribution is -2.38. The first-order valence-electron chi connectivity index (χ1n) is 8.44. The van der Waals surface area contributed by atoms with E-state index in [1.807, 2.05) is 12.1 Å². The fourth-order valence-corrected chi connectivity index (χ4v) is 4.19. The van der Waals surface area contributed by atoms with Crippen LogP contribution in [0.4, 0.5) is 0 Å². The van der Waals surface area contributed by atoms with Gasteiger partial charge in [0.15, 0.2) is 17.4 Å². The van der Waals surface area contributed by atoms with E-state index >= 15 is 0 Å². The van der Waals surface area contributed by atoms with E-state index < -0.39 is 5.79 Å². The molecule has 0 radical (unpaired) electrons. The molecule has 25 heavy (non-hydrogen) atoms. The zero-order chi connectivity index (χ0) is 17.2. The minimum Gasteiger partial charge on any atom is -0.507 e. The summed E-state index contributed by atoms with van der Waals surface area (Å²) < 4.78 is 11.5. The number of ketones is 2. The Balaban J connectivity index is 1.70. The first-order chi connectivity index (χ1) is 12.1. The molecule has 3 aliphatic rings. The zero-order valence-corrected chi connectivity index (χ0v) is 13.5. The molecule has 1 N–H and O–H groups in total. The van der Waals surface area contributed by atoms with Gasteiger partial charge in [0.25, 0.3) is 0 Å². The largest absolute Gasteiger partial charge is 0.507 e. The Labute approximate surface area is 143 Å². The van der Waals surface area contributed by atoms with Gasteiger partial charge in [-0.05, 0) is 17.9 Å². The van der Waals surface area contributed by atoms with Gasteiger partial charge in [0, 0.05) is 34.9 Å². The number of rotatable bonds is 0. The molecule has 2 aromatic rings. The van der Waals surface area contributed by atoms with Crippen LogP contribution >= 0.6 is 0 Å².